The fourth-order valence-electron chi connectivity index (χ4n) is 1.12. The monoisotopic (exact) mass is 210 g/mol. The molecule has 0 saturated heterocycles. The lowest BCUT2D eigenvalue weighted by atomic mass is 10.1. The molecule has 3 heteroatoms. The number of methoxy groups -OCH3 is 1. The van der Waals surface area contributed by atoms with Crippen molar-refractivity contribution >= 4 is 0 Å². The first-order chi connectivity index (χ1) is 7.13. The molecule has 2 atom stereocenters. The Balaban J connectivity index is 2.50. The molecule has 0 spiro atoms. The van der Waals surface area contributed by atoms with Gasteiger partial charge in [0.15, 0.2) is 0 Å². The molecular formula is C12H18O3. The summed E-state index contributed by atoms with van der Waals surface area (Å²) in [5.41, 5.74) is 0.891. The van der Waals surface area contributed by atoms with Gasteiger partial charge < -0.3 is 14.6 Å². The van der Waals surface area contributed by atoms with E-state index in [0.29, 0.717) is 6.61 Å². The van der Waals surface area contributed by atoms with Gasteiger partial charge in [0, 0.05) is 7.11 Å². The second-order valence-corrected chi connectivity index (χ2v) is 3.60. The SMILES string of the molecule is COC(C)COc1ccc([C@@H](C)O)cc1. The van der Waals surface area contributed by atoms with Gasteiger partial charge in [0.1, 0.15) is 12.4 Å². The van der Waals surface area contributed by atoms with Gasteiger partial charge in [-0.25, -0.2) is 0 Å². The van der Waals surface area contributed by atoms with Gasteiger partial charge >= 0.3 is 0 Å². The number of ether oxygens (including phenoxy) is 2. The van der Waals surface area contributed by atoms with Crippen LogP contribution < -0.4 is 4.74 Å². The van der Waals surface area contributed by atoms with E-state index in [-0.39, 0.29) is 6.10 Å². The predicted molar refractivity (Wildman–Crippen MR) is 59.0 cm³/mol. The highest BCUT2D eigenvalue weighted by Gasteiger charge is 2.02. The summed E-state index contributed by atoms with van der Waals surface area (Å²) in [5, 5.41) is 9.31. The Bertz CT molecular complexity index is 279. The summed E-state index contributed by atoms with van der Waals surface area (Å²) in [6.45, 7) is 4.22. The summed E-state index contributed by atoms with van der Waals surface area (Å²) < 4.78 is 10.6. The quantitative estimate of drug-likeness (QED) is 0.809. The first kappa shape index (κ1) is 12.0. The topological polar surface area (TPSA) is 38.7 Å². The van der Waals surface area contributed by atoms with Crippen molar-refractivity contribution in [3.05, 3.63) is 29.8 Å². The molecule has 0 aliphatic rings. The summed E-state index contributed by atoms with van der Waals surface area (Å²) in [6, 6.07) is 7.42. The van der Waals surface area contributed by atoms with E-state index in [0.717, 1.165) is 11.3 Å². The maximum atomic E-state index is 9.31. The first-order valence-electron chi connectivity index (χ1n) is 5.07. The molecule has 1 aromatic rings. The zero-order valence-corrected chi connectivity index (χ0v) is 9.43. The second kappa shape index (κ2) is 5.73. The fourth-order valence-corrected chi connectivity index (χ4v) is 1.12. The molecule has 1 rings (SSSR count). The van der Waals surface area contributed by atoms with Crippen LogP contribution in [0.25, 0.3) is 0 Å². The van der Waals surface area contributed by atoms with Crippen LogP contribution in [-0.2, 0) is 4.74 Å². The van der Waals surface area contributed by atoms with Crippen molar-refractivity contribution in [1.82, 2.24) is 0 Å². The molecule has 84 valence electrons. The molecule has 1 unspecified atom stereocenters. The number of benzene rings is 1. The Morgan fingerprint density at radius 2 is 1.80 bits per heavy atom. The molecule has 0 fully saturated rings. The third-order valence-electron chi connectivity index (χ3n) is 2.25. The van der Waals surface area contributed by atoms with E-state index in [4.69, 9.17) is 9.47 Å². The molecule has 0 aromatic heterocycles. The molecule has 0 aliphatic heterocycles. The maximum absolute atomic E-state index is 9.31. The molecule has 0 radical (unpaired) electrons. The molecule has 0 amide bonds. The van der Waals surface area contributed by atoms with E-state index in [2.05, 4.69) is 0 Å². The number of hydrogen-bond donors (Lipinski definition) is 1. The van der Waals surface area contributed by atoms with Gasteiger partial charge in [0.05, 0.1) is 12.2 Å². The third kappa shape index (κ3) is 3.90. The lowest BCUT2D eigenvalue weighted by molar-refractivity contribution is 0.0716. The van der Waals surface area contributed by atoms with Crippen molar-refractivity contribution in [1.29, 1.82) is 0 Å². The maximum Gasteiger partial charge on any atom is 0.119 e. The normalized spacial score (nSPS) is 14.7. The Morgan fingerprint density at radius 3 is 2.27 bits per heavy atom. The van der Waals surface area contributed by atoms with Crippen molar-refractivity contribution in [3.63, 3.8) is 0 Å². The van der Waals surface area contributed by atoms with Crippen molar-refractivity contribution in [2.75, 3.05) is 13.7 Å². The predicted octanol–water partition coefficient (Wildman–Crippen LogP) is 2.15. The van der Waals surface area contributed by atoms with E-state index in [1.807, 2.05) is 31.2 Å². The summed E-state index contributed by atoms with van der Waals surface area (Å²) >= 11 is 0. The average Bonchev–Trinajstić information content (AvgIpc) is 2.26. The van der Waals surface area contributed by atoms with E-state index in [9.17, 15) is 5.11 Å². The minimum atomic E-state index is -0.433. The van der Waals surface area contributed by atoms with E-state index in [1.165, 1.54) is 0 Å². The van der Waals surface area contributed by atoms with Gasteiger partial charge in [-0.1, -0.05) is 12.1 Å². The molecule has 15 heavy (non-hydrogen) atoms. The highest BCUT2D eigenvalue weighted by atomic mass is 16.5. The van der Waals surface area contributed by atoms with E-state index in [1.54, 1.807) is 14.0 Å². The Kier molecular flexibility index (Phi) is 4.59. The summed E-state index contributed by atoms with van der Waals surface area (Å²) in [6.07, 6.45) is -0.349. The number of rotatable bonds is 5. The Hall–Kier alpha value is -1.06. The Morgan fingerprint density at radius 1 is 1.20 bits per heavy atom. The molecular weight excluding hydrogens is 192 g/mol. The minimum Gasteiger partial charge on any atom is -0.491 e. The van der Waals surface area contributed by atoms with Crippen molar-refractivity contribution in [2.24, 2.45) is 0 Å². The highest BCUT2D eigenvalue weighted by molar-refractivity contribution is 5.28. The first-order valence-corrected chi connectivity index (χ1v) is 5.07. The number of hydrogen-bond acceptors (Lipinski definition) is 3. The molecule has 1 aromatic carbocycles. The van der Waals surface area contributed by atoms with Crippen LogP contribution in [0.4, 0.5) is 0 Å². The van der Waals surface area contributed by atoms with Gasteiger partial charge in [-0.05, 0) is 31.5 Å². The number of aliphatic hydroxyl groups is 1. The summed E-state index contributed by atoms with van der Waals surface area (Å²) in [7, 11) is 1.66. The zero-order valence-electron chi connectivity index (χ0n) is 9.43. The van der Waals surface area contributed by atoms with E-state index >= 15 is 0 Å². The third-order valence-corrected chi connectivity index (χ3v) is 2.25. The lowest BCUT2D eigenvalue weighted by Crippen LogP contribution is -2.15. The van der Waals surface area contributed by atoms with Crippen LogP contribution in [-0.4, -0.2) is 24.9 Å². The Labute approximate surface area is 90.6 Å². The molecule has 1 N–H and O–H groups in total. The average molecular weight is 210 g/mol. The zero-order chi connectivity index (χ0) is 11.3. The molecule has 3 nitrogen and oxygen atoms in total. The minimum absolute atomic E-state index is 0.0847. The van der Waals surface area contributed by atoms with Crippen LogP contribution in [0.5, 0.6) is 5.75 Å². The summed E-state index contributed by atoms with van der Waals surface area (Å²) in [4.78, 5) is 0. The van der Waals surface area contributed by atoms with Crippen LogP contribution in [0.3, 0.4) is 0 Å². The molecule has 0 heterocycles. The lowest BCUT2D eigenvalue weighted by Gasteiger charge is -2.12. The van der Waals surface area contributed by atoms with Crippen molar-refractivity contribution < 1.29 is 14.6 Å². The van der Waals surface area contributed by atoms with Gasteiger partial charge in [0.25, 0.3) is 0 Å². The van der Waals surface area contributed by atoms with E-state index < -0.39 is 6.10 Å². The van der Waals surface area contributed by atoms with Gasteiger partial charge in [0.2, 0.25) is 0 Å². The molecule has 0 saturated carbocycles. The van der Waals surface area contributed by atoms with Crippen LogP contribution in [0.15, 0.2) is 24.3 Å². The van der Waals surface area contributed by atoms with Crippen LogP contribution in [0.2, 0.25) is 0 Å². The van der Waals surface area contributed by atoms with Crippen molar-refractivity contribution in [3.8, 4) is 5.75 Å². The molecule has 0 bridgehead atoms. The second-order valence-electron chi connectivity index (χ2n) is 3.60. The van der Waals surface area contributed by atoms with Crippen molar-refractivity contribution in [2.45, 2.75) is 26.1 Å². The van der Waals surface area contributed by atoms with Crippen LogP contribution in [0.1, 0.15) is 25.5 Å². The summed E-state index contributed by atoms with van der Waals surface area (Å²) in [5.74, 6) is 0.795. The van der Waals surface area contributed by atoms with Crippen LogP contribution in [0, 0.1) is 0 Å². The van der Waals surface area contributed by atoms with Gasteiger partial charge in [-0.15, -0.1) is 0 Å². The largest absolute Gasteiger partial charge is 0.491 e. The van der Waals surface area contributed by atoms with Crippen LogP contribution >= 0.6 is 0 Å². The van der Waals surface area contributed by atoms with Gasteiger partial charge in [-0.3, -0.25) is 0 Å². The molecule has 0 aliphatic carbocycles. The smallest absolute Gasteiger partial charge is 0.119 e. The fraction of sp³-hybridized carbons (Fsp3) is 0.500. The van der Waals surface area contributed by atoms with Gasteiger partial charge in [-0.2, -0.15) is 0 Å². The number of aliphatic hydroxyl groups excluding tert-OH is 1. The highest BCUT2D eigenvalue weighted by Crippen LogP contribution is 2.17. The standard InChI is InChI=1S/C12H18O3/c1-9(14-3)8-15-12-6-4-11(5-7-12)10(2)13/h4-7,9-10,13H,8H2,1-3H3/t9?,10-/m1/s1.